The van der Waals surface area contributed by atoms with Crippen LogP contribution in [-0.2, 0) is 14.3 Å². The van der Waals surface area contributed by atoms with Crippen molar-refractivity contribution >= 4 is 11.9 Å². The Kier molecular flexibility index (Phi) is 5.43. The standard InChI is InChI=1S/C11H18FNO9/c1-4(15)13-6-5(16)2-11(21,9(18)19)22-7(6)8(17)10(12,20)3-14/h5-8,14,16-17,20-21H,2-3H2,1H3,(H,13,15)(H,18,19)/t5-,6+,7+,8?,10-,11+/m0/s1. The molecule has 0 bridgehead atoms. The van der Waals surface area contributed by atoms with Gasteiger partial charge in [-0.15, -0.1) is 0 Å². The smallest absolute Gasteiger partial charge is 0.364 e. The van der Waals surface area contributed by atoms with E-state index in [1.54, 1.807) is 0 Å². The van der Waals surface area contributed by atoms with E-state index in [-0.39, 0.29) is 0 Å². The minimum atomic E-state index is -3.61. The number of hydrogen-bond acceptors (Lipinski definition) is 8. The first-order chi connectivity index (χ1) is 9.94. The monoisotopic (exact) mass is 327 g/mol. The molecule has 22 heavy (non-hydrogen) atoms. The molecule has 0 aromatic rings. The maximum Gasteiger partial charge on any atom is 0.364 e. The van der Waals surface area contributed by atoms with Crippen molar-refractivity contribution in [3.05, 3.63) is 0 Å². The SMILES string of the molecule is CC(=O)N[C@@H]1[C@@H](O)C[C@](O)(C(=O)O)O[C@H]1C(O)[C@](O)(F)CO. The van der Waals surface area contributed by atoms with E-state index in [2.05, 4.69) is 10.1 Å². The molecule has 6 atom stereocenters. The van der Waals surface area contributed by atoms with Crippen molar-refractivity contribution in [3.63, 3.8) is 0 Å². The second-order valence-electron chi connectivity index (χ2n) is 5.09. The van der Waals surface area contributed by atoms with Gasteiger partial charge in [-0.2, -0.15) is 0 Å². The lowest BCUT2D eigenvalue weighted by molar-refractivity contribution is -0.314. The van der Waals surface area contributed by atoms with Crippen LogP contribution in [0, 0.1) is 0 Å². The van der Waals surface area contributed by atoms with Gasteiger partial charge in [0.1, 0.15) is 18.8 Å². The number of aliphatic hydroxyl groups is 5. The van der Waals surface area contributed by atoms with Crippen LogP contribution < -0.4 is 5.32 Å². The Labute approximate surface area is 123 Å². The molecule has 0 saturated carbocycles. The van der Waals surface area contributed by atoms with E-state index >= 15 is 0 Å². The summed E-state index contributed by atoms with van der Waals surface area (Å²) in [7, 11) is 0. The van der Waals surface area contributed by atoms with Gasteiger partial charge < -0.3 is 40.7 Å². The Balaban J connectivity index is 3.17. The van der Waals surface area contributed by atoms with E-state index in [1.807, 2.05) is 0 Å². The zero-order valence-corrected chi connectivity index (χ0v) is 11.5. The van der Waals surface area contributed by atoms with Crippen LogP contribution in [0.25, 0.3) is 0 Å². The third kappa shape index (κ3) is 3.69. The molecule has 0 aromatic carbocycles. The third-order valence-corrected chi connectivity index (χ3v) is 3.28. The molecule has 1 amide bonds. The largest absolute Gasteiger partial charge is 0.477 e. The molecule has 10 nitrogen and oxygen atoms in total. The third-order valence-electron chi connectivity index (χ3n) is 3.28. The fourth-order valence-electron chi connectivity index (χ4n) is 2.13. The lowest BCUT2D eigenvalue weighted by Crippen LogP contribution is -2.68. The minimum absolute atomic E-state index is 0.725. The van der Waals surface area contributed by atoms with E-state index in [1.165, 1.54) is 0 Å². The van der Waals surface area contributed by atoms with Crippen LogP contribution in [0.1, 0.15) is 13.3 Å². The Morgan fingerprint density at radius 3 is 2.50 bits per heavy atom. The fourth-order valence-corrected chi connectivity index (χ4v) is 2.13. The number of alkyl halides is 1. The number of amides is 1. The van der Waals surface area contributed by atoms with E-state index in [0.717, 1.165) is 6.92 Å². The lowest BCUT2D eigenvalue weighted by Gasteiger charge is -2.45. The molecule has 0 spiro atoms. The van der Waals surface area contributed by atoms with Crippen molar-refractivity contribution in [1.82, 2.24) is 5.32 Å². The number of carbonyl (C=O) groups excluding carboxylic acids is 1. The van der Waals surface area contributed by atoms with Gasteiger partial charge in [0.15, 0.2) is 0 Å². The number of carbonyl (C=O) groups is 2. The Hall–Kier alpha value is -1.37. The van der Waals surface area contributed by atoms with Gasteiger partial charge >= 0.3 is 5.97 Å². The summed E-state index contributed by atoms with van der Waals surface area (Å²) in [6.45, 7) is -0.537. The molecule has 0 radical (unpaired) electrons. The van der Waals surface area contributed by atoms with Gasteiger partial charge in [-0.1, -0.05) is 0 Å². The summed E-state index contributed by atoms with van der Waals surface area (Å²) in [5, 5.41) is 58.3. The van der Waals surface area contributed by atoms with Gasteiger partial charge in [0, 0.05) is 13.3 Å². The number of halogens is 1. The highest BCUT2D eigenvalue weighted by atomic mass is 19.2. The molecule has 1 saturated heterocycles. The van der Waals surface area contributed by atoms with Crippen LogP contribution in [0.15, 0.2) is 0 Å². The van der Waals surface area contributed by atoms with Crippen LogP contribution in [0.4, 0.5) is 4.39 Å². The number of carboxylic acid groups (broad SMARTS) is 1. The van der Waals surface area contributed by atoms with Gasteiger partial charge in [-0.3, -0.25) is 4.79 Å². The first kappa shape index (κ1) is 18.7. The van der Waals surface area contributed by atoms with Crippen LogP contribution in [0.2, 0.25) is 0 Å². The van der Waals surface area contributed by atoms with Crippen LogP contribution >= 0.6 is 0 Å². The molecule has 128 valence electrons. The van der Waals surface area contributed by atoms with Crippen molar-refractivity contribution < 1.29 is 49.4 Å². The van der Waals surface area contributed by atoms with Gasteiger partial charge in [-0.05, 0) is 0 Å². The number of aliphatic carboxylic acids is 1. The zero-order chi connectivity index (χ0) is 17.3. The number of carboxylic acids is 1. The molecule has 1 aliphatic rings. The van der Waals surface area contributed by atoms with E-state index in [4.69, 9.17) is 10.2 Å². The normalized spacial score (nSPS) is 36.2. The number of aliphatic hydroxyl groups excluding tert-OH is 3. The van der Waals surface area contributed by atoms with E-state index in [0.29, 0.717) is 0 Å². The summed E-state index contributed by atoms with van der Waals surface area (Å²) in [5.41, 5.74) is 0. The molecule has 11 heteroatoms. The van der Waals surface area contributed by atoms with Crippen molar-refractivity contribution in [2.75, 3.05) is 6.61 Å². The molecular weight excluding hydrogens is 309 g/mol. The molecule has 1 fully saturated rings. The Morgan fingerprint density at radius 2 is 2.09 bits per heavy atom. The first-order valence-corrected chi connectivity index (χ1v) is 6.23. The van der Waals surface area contributed by atoms with Crippen LogP contribution in [-0.4, -0.2) is 85.1 Å². The molecule has 1 unspecified atom stereocenters. The summed E-state index contributed by atoms with van der Waals surface area (Å²) in [5.74, 6) is -9.22. The molecule has 1 rings (SSSR count). The molecule has 0 aromatic heterocycles. The van der Waals surface area contributed by atoms with Gasteiger partial charge in [-0.25, -0.2) is 9.18 Å². The summed E-state index contributed by atoms with van der Waals surface area (Å²) >= 11 is 0. The Bertz CT molecular complexity index is 445. The lowest BCUT2D eigenvalue weighted by atomic mass is 9.88. The summed E-state index contributed by atoms with van der Waals surface area (Å²) in [6.07, 6.45) is -7.21. The molecular formula is C11H18FNO9. The highest BCUT2D eigenvalue weighted by Crippen LogP contribution is 2.32. The molecule has 1 heterocycles. The van der Waals surface area contributed by atoms with Crippen LogP contribution in [0.5, 0.6) is 0 Å². The highest BCUT2D eigenvalue weighted by molar-refractivity contribution is 5.76. The maximum atomic E-state index is 13.6. The predicted molar refractivity (Wildman–Crippen MR) is 64.8 cm³/mol. The Morgan fingerprint density at radius 1 is 1.55 bits per heavy atom. The number of rotatable bonds is 5. The average molecular weight is 327 g/mol. The molecule has 0 aliphatic carbocycles. The highest BCUT2D eigenvalue weighted by Gasteiger charge is 2.56. The van der Waals surface area contributed by atoms with Crippen molar-refractivity contribution in [3.8, 4) is 0 Å². The topological polar surface area (TPSA) is 177 Å². The quantitative estimate of drug-likeness (QED) is 0.269. The molecule has 7 N–H and O–H groups in total. The van der Waals surface area contributed by atoms with Gasteiger partial charge in [0.05, 0.1) is 12.1 Å². The van der Waals surface area contributed by atoms with Crippen molar-refractivity contribution in [1.29, 1.82) is 0 Å². The summed E-state index contributed by atoms with van der Waals surface area (Å²) in [4.78, 5) is 22.1. The van der Waals surface area contributed by atoms with Gasteiger partial charge in [0.25, 0.3) is 11.6 Å². The van der Waals surface area contributed by atoms with Crippen molar-refractivity contribution in [2.45, 2.75) is 49.3 Å². The second kappa shape index (κ2) is 6.40. The van der Waals surface area contributed by atoms with Crippen molar-refractivity contribution in [2.24, 2.45) is 0 Å². The molecule has 1 aliphatic heterocycles. The zero-order valence-electron chi connectivity index (χ0n) is 11.5. The summed E-state index contributed by atoms with van der Waals surface area (Å²) < 4.78 is 18.3. The van der Waals surface area contributed by atoms with Crippen LogP contribution in [0.3, 0.4) is 0 Å². The average Bonchev–Trinajstić information content (AvgIpc) is 2.40. The predicted octanol–water partition coefficient (Wildman–Crippen LogP) is -3.57. The number of ether oxygens (including phenoxy) is 1. The number of nitrogens with one attached hydrogen (secondary N) is 1. The van der Waals surface area contributed by atoms with E-state index in [9.17, 15) is 34.4 Å². The minimum Gasteiger partial charge on any atom is -0.477 e. The maximum absolute atomic E-state index is 13.6. The number of hydrogen-bond donors (Lipinski definition) is 7. The van der Waals surface area contributed by atoms with E-state index < -0.39 is 60.9 Å². The van der Waals surface area contributed by atoms with Gasteiger partial charge in [0.2, 0.25) is 5.91 Å². The first-order valence-electron chi connectivity index (χ1n) is 6.23. The fraction of sp³-hybridized carbons (Fsp3) is 0.818. The summed E-state index contributed by atoms with van der Waals surface area (Å²) in [6, 6.07) is -1.53. The second-order valence-corrected chi connectivity index (χ2v) is 5.09.